The summed E-state index contributed by atoms with van der Waals surface area (Å²) in [6.07, 6.45) is -0.228. The molecule has 0 aromatic heterocycles. The Morgan fingerprint density at radius 3 is 2.40 bits per heavy atom. The first-order valence-electron chi connectivity index (χ1n) is 6.69. The number of carbonyl (C=O) groups is 1. The summed E-state index contributed by atoms with van der Waals surface area (Å²) in [6, 6.07) is 9.60. The lowest BCUT2D eigenvalue weighted by Gasteiger charge is -2.12. The first-order chi connectivity index (χ1) is 9.68. The average molecular weight is 282 g/mol. The van der Waals surface area contributed by atoms with Crippen molar-refractivity contribution in [3.63, 3.8) is 0 Å². The minimum Gasteiger partial charge on any atom is -0.491 e. The van der Waals surface area contributed by atoms with E-state index in [1.807, 2.05) is 30.3 Å². The van der Waals surface area contributed by atoms with Crippen molar-refractivity contribution in [2.75, 3.05) is 33.0 Å². The maximum atomic E-state index is 10.7. The molecule has 1 atom stereocenters. The van der Waals surface area contributed by atoms with E-state index in [0.717, 1.165) is 5.75 Å². The van der Waals surface area contributed by atoms with Crippen molar-refractivity contribution in [2.24, 2.45) is 0 Å². The fourth-order valence-electron chi connectivity index (χ4n) is 1.52. The van der Waals surface area contributed by atoms with E-state index in [1.54, 1.807) is 6.92 Å². The predicted molar refractivity (Wildman–Crippen MR) is 74.8 cm³/mol. The summed E-state index contributed by atoms with van der Waals surface area (Å²) in [5.74, 6) is 0.540. The van der Waals surface area contributed by atoms with Gasteiger partial charge in [0, 0.05) is 6.92 Å². The lowest BCUT2D eigenvalue weighted by molar-refractivity contribution is -0.148. The van der Waals surface area contributed by atoms with E-state index >= 15 is 0 Å². The van der Waals surface area contributed by atoms with Gasteiger partial charge < -0.3 is 18.9 Å². The molecule has 1 unspecified atom stereocenters. The molecule has 0 spiro atoms. The summed E-state index contributed by atoms with van der Waals surface area (Å²) >= 11 is 0. The first-order valence-corrected chi connectivity index (χ1v) is 6.69. The normalized spacial score (nSPS) is 11.9. The van der Waals surface area contributed by atoms with Gasteiger partial charge in [0.05, 0.1) is 26.4 Å². The van der Waals surface area contributed by atoms with E-state index in [0.29, 0.717) is 33.0 Å². The molecule has 0 saturated carbocycles. The molecule has 0 N–H and O–H groups in total. The van der Waals surface area contributed by atoms with E-state index in [9.17, 15) is 4.79 Å². The van der Waals surface area contributed by atoms with Crippen molar-refractivity contribution in [2.45, 2.75) is 20.0 Å². The van der Waals surface area contributed by atoms with Crippen LogP contribution in [0.5, 0.6) is 5.75 Å². The van der Waals surface area contributed by atoms with Gasteiger partial charge in [-0.25, -0.2) is 0 Å². The van der Waals surface area contributed by atoms with E-state index in [1.165, 1.54) is 6.92 Å². The van der Waals surface area contributed by atoms with E-state index < -0.39 is 0 Å². The number of carbonyl (C=O) groups excluding carboxylic acids is 1. The molecule has 1 rings (SSSR count). The molecule has 1 aromatic rings. The standard InChI is InChI=1S/C15H22O5/c1-13(20-14(2)16)12-18-9-8-17-10-11-19-15-6-4-3-5-7-15/h3-7,13H,8-12H2,1-2H3. The molecular weight excluding hydrogens is 260 g/mol. The van der Waals surface area contributed by atoms with Crippen molar-refractivity contribution in [3.8, 4) is 5.75 Å². The highest BCUT2D eigenvalue weighted by molar-refractivity contribution is 5.66. The van der Waals surface area contributed by atoms with Crippen molar-refractivity contribution in [3.05, 3.63) is 30.3 Å². The second kappa shape index (κ2) is 10.2. The van der Waals surface area contributed by atoms with E-state index in [4.69, 9.17) is 18.9 Å². The molecule has 0 aliphatic carbocycles. The second-order valence-corrected chi connectivity index (χ2v) is 4.27. The van der Waals surface area contributed by atoms with Gasteiger partial charge in [0.1, 0.15) is 18.5 Å². The Morgan fingerprint density at radius 1 is 1.05 bits per heavy atom. The highest BCUT2D eigenvalue weighted by Crippen LogP contribution is 2.07. The number of para-hydroxylation sites is 1. The van der Waals surface area contributed by atoms with Gasteiger partial charge in [0.15, 0.2) is 0 Å². The highest BCUT2D eigenvalue weighted by Gasteiger charge is 2.04. The van der Waals surface area contributed by atoms with E-state index in [2.05, 4.69) is 0 Å². The quantitative estimate of drug-likeness (QED) is 0.485. The Hall–Kier alpha value is -1.59. The Balaban J connectivity index is 1.89. The van der Waals surface area contributed by atoms with Crippen LogP contribution in [-0.4, -0.2) is 45.1 Å². The Bertz CT molecular complexity index is 366. The van der Waals surface area contributed by atoms with E-state index in [-0.39, 0.29) is 12.1 Å². The average Bonchev–Trinajstić information content (AvgIpc) is 2.42. The van der Waals surface area contributed by atoms with Gasteiger partial charge in [-0.1, -0.05) is 18.2 Å². The molecule has 112 valence electrons. The topological polar surface area (TPSA) is 54.0 Å². The zero-order chi connectivity index (χ0) is 14.6. The smallest absolute Gasteiger partial charge is 0.302 e. The van der Waals surface area contributed by atoms with Gasteiger partial charge in [0.25, 0.3) is 0 Å². The molecule has 1 aromatic carbocycles. The Morgan fingerprint density at radius 2 is 1.70 bits per heavy atom. The number of rotatable bonds is 10. The molecule has 0 heterocycles. The number of hydrogen-bond donors (Lipinski definition) is 0. The number of esters is 1. The molecule has 0 aliphatic heterocycles. The maximum Gasteiger partial charge on any atom is 0.302 e. The zero-order valence-electron chi connectivity index (χ0n) is 12.0. The van der Waals surface area contributed by atoms with Crippen LogP contribution in [0, 0.1) is 0 Å². The molecular formula is C15H22O5. The van der Waals surface area contributed by atoms with Crippen molar-refractivity contribution in [1.82, 2.24) is 0 Å². The van der Waals surface area contributed by atoms with Gasteiger partial charge >= 0.3 is 5.97 Å². The van der Waals surface area contributed by atoms with Crippen molar-refractivity contribution < 1.29 is 23.7 Å². The molecule has 20 heavy (non-hydrogen) atoms. The summed E-state index contributed by atoms with van der Waals surface area (Å²) in [5.41, 5.74) is 0. The van der Waals surface area contributed by atoms with Crippen molar-refractivity contribution in [1.29, 1.82) is 0 Å². The molecule has 0 saturated heterocycles. The molecule has 0 radical (unpaired) electrons. The monoisotopic (exact) mass is 282 g/mol. The lowest BCUT2D eigenvalue weighted by Crippen LogP contribution is -2.20. The minimum atomic E-state index is -0.296. The Kier molecular flexibility index (Phi) is 8.42. The van der Waals surface area contributed by atoms with Crippen LogP contribution in [0.25, 0.3) is 0 Å². The third kappa shape index (κ3) is 8.50. The summed E-state index contributed by atoms with van der Waals surface area (Å²) in [6.45, 7) is 5.53. The molecule has 0 aliphatic rings. The fourth-order valence-corrected chi connectivity index (χ4v) is 1.52. The number of hydrogen-bond acceptors (Lipinski definition) is 5. The van der Waals surface area contributed by atoms with Crippen LogP contribution in [0.2, 0.25) is 0 Å². The molecule has 0 fully saturated rings. The fraction of sp³-hybridized carbons (Fsp3) is 0.533. The number of benzene rings is 1. The van der Waals surface area contributed by atoms with Crippen molar-refractivity contribution >= 4 is 5.97 Å². The summed E-state index contributed by atoms with van der Waals surface area (Å²) in [5, 5.41) is 0. The summed E-state index contributed by atoms with van der Waals surface area (Å²) in [4.78, 5) is 10.7. The summed E-state index contributed by atoms with van der Waals surface area (Å²) in [7, 11) is 0. The van der Waals surface area contributed by atoms with Gasteiger partial charge in [-0.05, 0) is 19.1 Å². The zero-order valence-corrected chi connectivity index (χ0v) is 12.0. The van der Waals surface area contributed by atoms with Crippen LogP contribution in [0.3, 0.4) is 0 Å². The molecule has 0 amide bonds. The van der Waals surface area contributed by atoms with Crippen LogP contribution in [-0.2, 0) is 19.0 Å². The highest BCUT2D eigenvalue weighted by atomic mass is 16.6. The molecule has 5 nitrogen and oxygen atoms in total. The maximum absolute atomic E-state index is 10.7. The van der Waals surface area contributed by atoms with Gasteiger partial charge in [-0.3, -0.25) is 4.79 Å². The number of ether oxygens (including phenoxy) is 4. The predicted octanol–water partition coefficient (Wildman–Crippen LogP) is 2.05. The third-order valence-electron chi connectivity index (χ3n) is 2.33. The van der Waals surface area contributed by atoms with Gasteiger partial charge in [0.2, 0.25) is 0 Å². The third-order valence-corrected chi connectivity index (χ3v) is 2.33. The minimum absolute atomic E-state index is 0.228. The van der Waals surface area contributed by atoms with Crippen LogP contribution >= 0.6 is 0 Å². The second-order valence-electron chi connectivity index (χ2n) is 4.27. The lowest BCUT2D eigenvalue weighted by atomic mass is 10.3. The van der Waals surface area contributed by atoms with Crippen LogP contribution in [0.4, 0.5) is 0 Å². The largest absolute Gasteiger partial charge is 0.491 e. The Labute approximate surface area is 119 Å². The first kappa shape index (κ1) is 16.5. The molecule has 0 bridgehead atoms. The van der Waals surface area contributed by atoms with Gasteiger partial charge in [-0.2, -0.15) is 0 Å². The van der Waals surface area contributed by atoms with Crippen LogP contribution < -0.4 is 4.74 Å². The van der Waals surface area contributed by atoms with Crippen LogP contribution in [0.1, 0.15) is 13.8 Å². The SMILES string of the molecule is CC(=O)OC(C)COCCOCCOc1ccccc1. The van der Waals surface area contributed by atoms with Crippen LogP contribution in [0.15, 0.2) is 30.3 Å². The van der Waals surface area contributed by atoms with Gasteiger partial charge in [-0.15, -0.1) is 0 Å². The summed E-state index contributed by atoms with van der Waals surface area (Å²) < 4.78 is 21.1. The molecule has 5 heteroatoms.